The number of rotatable bonds is 8. The van der Waals surface area contributed by atoms with Gasteiger partial charge in [0.15, 0.2) is 0 Å². The standard InChI is InChI=1S/C19H26.Na.H2O4S.H/c1-2-3-4-5-6-7-8-12-17-14-11-15-18-13-9-10-16-19(17)18;;1-5(2,3)4;/h9-11,13-16H,2-8,12H2,1H3;;(H2,1,2,3,4);. The SMILES string of the molecule is CCCCCCCCCc1cccc2ccccc12.O=S(=O)(O)O.[NaH]. The second-order valence-electron chi connectivity index (χ2n) is 5.96. The predicted molar refractivity (Wildman–Crippen MR) is 107 cm³/mol. The van der Waals surface area contributed by atoms with Gasteiger partial charge >= 0.3 is 40.0 Å². The number of fused-ring (bicyclic) bond motifs is 1. The Kier molecular flexibility index (Phi) is 13.5. The van der Waals surface area contributed by atoms with E-state index in [0.717, 1.165) is 0 Å². The first-order chi connectivity index (χ1) is 11.4. The van der Waals surface area contributed by atoms with Crippen molar-refractivity contribution in [3.63, 3.8) is 0 Å². The molecule has 25 heavy (non-hydrogen) atoms. The molecule has 0 aliphatic rings. The van der Waals surface area contributed by atoms with E-state index in [9.17, 15) is 0 Å². The molecule has 2 rings (SSSR count). The number of hydrogen-bond donors (Lipinski definition) is 2. The fourth-order valence-electron chi connectivity index (χ4n) is 2.78. The molecule has 6 heteroatoms. The van der Waals surface area contributed by atoms with Crippen LogP contribution in [0.4, 0.5) is 0 Å². The van der Waals surface area contributed by atoms with Crippen molar-refractivity contribution >= 4 is 50.7 Å². The second kappa shape index (κ2) is 13.7. The molecule has 2 aromatic rings. The zero-order valence-electron chi connectivity index (χ0n) is 14.3. The Morgan fingerprint density at radius 3 is 1.96 bits per heavy atom. The maximum atomic E-state index is 8.74. The van der Waals surface area contributed by atoms with Crippen LogP contribution < -0.4 is 0 Å². The van der Waals surface area contributed by atoms with Gasteiger partial charge in [0.1, 0.15) is 0 Å². The molecule has 0 aliphatic heterocycles. The van der Waals surface area contributed by atoms with Crippen LogP contribution in [-0.2, 0) is 16.8 Å². The number of benzene rings is 2. The molecular weight excluding hydrogens is 347 g/mol. The first kappa shape index (κ1) is 24.6. The van der Waals surface area contributed by atoms with Gasteiger partial charge in [0.25, 0.3) is 0 Å². The van der Waals surface area contributed by atoms with E-state index in [1.165, 1.54) is 67.7 Å². The summed E-state index contributed by atoms with van der Waals surface area (Å²) in [6, 6.07) is 15.4. The van der Waals surface area contributed by atoms with Crippen molar-refractivity contribution in [3.05, 3.63) is 48.0 Å². The van der Waals surface area contributed by atoms with Gasteiger partial charge in [-0.25, -0.2) is 0 Å². The third kappa shape index (κ3) is 12.5. The molecular formula is C19H29NaO4S. The van der Waals surface area contributed by atoms with Gasteiger partial charge in [-0.2, -0.15) is 8.42 Å². The van der Waals surface area contributed by atoms with Crippen LogP contribution in [0.2, 0.25) is 0 Å². The van der Waals surface area contributed by atoms with Gasteiger partial charge in [0.2, 0.25) is 0 Å². The van der Waals surface area contributed by atoms with Crippen molar-refractivity contribution in [2.75, 3.05) is 0 Å². The molecule has 0 bridgehead atoms. The molecule has 2 N–H and O–H groups in total. The van der Waals surface area contributed by atoms with E-state index in [2.05, 4.69) is 49.4 Å². The third-order valence-corrected chi connectivity index (χ3v) is 3.93. The third-order valence-electron chi connectivity index (χ3n) is 3.93. The van der Waals surface area contributed by atoms with Gasteiger partial charge in [-0.3, -0.25) is 9.11 Å². The van der Waals surface area contributed by atoms with Crippen LogP contribution in [0.5, 0.6) is 0 Å². The molecule has 0 spiro atoms. The van der Waals surface area contributed by atoms with Crippen LogP contribution in [0, 0.1) is 0 Å². The first-order valence-corrected chi connectivity index (χ1v) is 9.98. The molecule has 4 nitrogen and oxygen atoms in total. The fraction of sp³-hybridized carbons (Fsp3) is 0.474. The van der Waals surface area contributed by atoms with Gasteiger partial charge in [0.05, 0.1) is 0 Å². The molecule has 0 heterocycles. The number of unbranched alkanes of at least 4 members (excludes halogenated alkanes) is 6. The number of hydrogen-bond acceptors (Lipinski definition) is 2. The summed E-state index contributed by atoms with van der Waals surface area (Å²) in [5.41, 5.74) is 1.52. The molecule has 0 saturated carbocycles. The van der Waals surface area contributed by atoms with Crippen molar-refractivity contribution in [2.45, 2.75) is 58.3 Å². The van der Waals surface area contributed by atoms with E-state index < -0.39 is 10.4 Å². The van der Waals surface area contributed by atoms with Crippen LogP contribution >= 0.6 is 0 Å². The summed E-state index contributed by atoms with van der Waals surface area (Å²) in [5.74, 6) is 0. The van der Waals surface area contributed by atoms with E-state index in [4.69, 9.17) is 17.5 Å². The van der Waals surface area contributed by atoms with Crippen LogP contribution in [0.25, 0.3) is 10.8 Å². The van der Waals surface area contributed by atoms with Gasteiger partial charge in [0, 0.05) is 0 Å². The van der Waals surface area contributed by atoms with Gasteiger partial charge in [-0.15, -0.1) is 0 Å². The molecule has 136 valence electrons. The Labute approximate surface area is 173 Å². The molecule has 0 radical (unpaired) electrons. The van der Waals surface area contributed by atoms with E-state index in [1.54, 1.807) is 0 Å². The Morgan fingerprint density at radius 2 is 1.32 bits per heavy atom. The summed E-state index contributed by atoms with van der Waals surface area (Å²) in [6.45, 7) is 2.28. The van der Waals surface area contributed by atoms with Crippen molar-refractivity contribution in [2.24, 2.45) is 0 Å². The summed E-state index contributed by atoms with van der Waals surface area (Å²) >= 11 is 0. The van der Waals surface area contributed by atoms with Crippen molar-refractivity contribution < 1.29 is 17.5 Å². The summed E-state index contributed by atoms with van der Waals surface area (Å²) in [6.07, 6.45) is 10.9. The van der Waals surface area contributed by atoms with E-state index in [0.29, 0.717) is 0 Å². The van der Waals surface area contributed by atoms with Crippen molar-refractivity contribution in [3.8, 4) is 0 Å². The summed E-state index contributed by atoms with van der Waals surface area (Å²) < 4.78 is 31.6. The number of aryl methyl sites for hydroxylation is 1. The average molecular weight is 376 g/mol. The van der Waals surface area contributed by atoms with Gasteiger partial charge < -0.3 is 0 Å². The Hall–Kier alpha value is -0.430. The Bertz CT molecular complexity index is 688. The second-order valence-corrected chi connectivity index (χ2v) is 6.85. The van der Waals surface area contributed by atoms with Crippen LogP contribution in [-0.4, -0.2) is 47.1 Å². The zero-order valence-corrected chi connectivity index (χ0v) is 15.1. The minimum atomic E-state index is -4.67. The predicted octanol–water partition coefficient (Wildman–Crippen LogP) is 4.83. The fourth-order valence-corrected chi connectivity index (χ4v) is 2.78. The molecule has 0 amide bonds. The van der Waals surface area contributed by atoms with Crippen LogP contribution in [0.15, 0.2) is 42.5 Å². The normalized spacial score (nSPS) is 10.7. The van der Waals surface area contributed by atoms with Crippen molar-refractivity contribution in [1.29, 1.82) is 0 Å². The Morgan fingerprint density at radius 1 is 0.800 bits per heavy atom. The quantitative estimate of drug-likeness (QED) is 0.393. The summed E-state index contributed by atoms with van der Waals surface area (Å²) in [4.78, 5) is 0. The summed E-state index contributed by atoms with van der Waals surface area (Å²) in [5, 5.41) is 2.82. The zero-order chi connectivity index (χ0) is 17.8. The molecule has 0 aromatic heterocycles. The Balaban J connectivity index is 0.000000848. The van der Waals surface area contributed by atoms with E-state index >= 15 is 0 Å². The van der Waals surface area contributed by atoms with Crippen molar-refractivity contribution in [1.82, 2.24) is 0 Å². The maximum absolute atomic E-state index is 8.74. The molecule has 0 unspecified atom stereocenters. The van der Waals surface area contributed by atoms with Crippen LogP contribution in [0.1, 0.15) is 57.4 Å². The minimum absolute atomic E-state index is 0. The van der Waals surface area contributed by atoms with Crippen LogP contribution in [0.3, 0.4) is 0 Å². The topological polar surface area (TPSA) is 74.6 Å². The van der Waals surface area contributed by atoms with E-state index in [1.807, 2.05) is 0 Å². The molecule has 0 atom stereocenters. The van der Waals surface area contributed by atoms with E-state index in [-0.39, 0.29) is 29.6 Å². The average Bonchev–Trinajstić information content (AvgIpc) is 2.52. The van der Waals surface area contributed by atoms with Gasteiger partial charge in [-0.05, 0) is 29.2 Å². The monoisotopic (exact) mass is 376 g/mol. The molecule has 0 fully saturated rings. The van der Waals surface area contributed by atoms with Gasteiger partial charge in [-0.1, -0.05) is 87.9 Å². The molecule has 2 aromatic carbocycles. The summed E-state index contributed by atoms with van der Waals surface area (Å²) in [7, 11) is -4.67. The first-order valence-electron chi connectivity index (χ1n) is 8.58. The molecule has 0 aliphatic carbocycles. The molecule has 0 saturated heterocycles.